The lowest BCUT2D eigenvalue weighted by Crippen LogP contribution is -2.34. The SMILES string of the molecule is O=Cc1ccccc1C(=O)NOC(=O)C(F)(F)F. The summed E-state index contributed by atoms with van der Waals surface area (Å²) in [5.74, 6) is -3.69. The number of carbonyl (C=O) groups excluding carboxylic acids is 3. The van der Waals surface area contributed by atoms with Gasteiger partial charge in [-0.2, -0.15) is 18.7 Å². The van der Waals surface area contributed by atoms with Crippen LogP contribution in [0.25, 0.3) is 0 Å². The number of nitrogens with one attached hydrogen (secondary N) is 1. The molecule has 5 nitrogen and oxygen atoms in total. The van der Waals surface area contributed by atoms with E-state index in [1.54, 1.807) is 0 Å². The van der Waals surface area contributed by atoms with Gasteiger partial charge in [0.25, 0.3) is 5.91 Å². The van der Waals surface area contributed by atoms with E-state index in [4.69, 9.17) is 0 Å². The van der Waals surface area contributed by atoms with Crippen LogP contribution in [0.4, 0.5) is 13.2 Å². The molecule has 1 aromatic rings. The third-order valence-corrected chi connectivity index (χ3v) is 1.80. The van der Waals surface area contributed by atoms with Gasteiger partial charge < -0.3 is 4.84 Å². The molecule has 0 aliphatic heterocycles. The van der Waals surface area contributed by atoms with Crippen molar-refractivity contribution in [1.82, 2.24) is 5.48 Å². The standard InChI is InChI=1S/C10H6F3NO4/c11-10(12,13)9(17)18-14-8(16)7-4-2-1-3-6(7)5-15/h1-5H,(H,14,16). The quantitative estimate of drug-likeness (QED) is 0.642. The fourth-order valence-electron chi connectivity index (χ4n) is 1.01. The Morgan fingerprint density at radius 3 is 2.39 bits per heavy atom. The molecule has 0 saturated heterocycles. The van der Waals surface area contributed by atoms with Crippen molar-refractivity contribution in [2.75, 3.05) is 0 Å². The van der Waals surface area contributed by atoms with E-state index >= 15 is 0 Å². The topological polar surface area (TPSA) is 72.5 Å². The molecule has 8 heteroatoms. The van der Waals surface area contributed by atoms with E-state index in [0.29, 0.717) is 6.29 Å². The lowest BCUT2D eigenvalue weighted by Gasteiger charge is -2.08. The maximum absolute atomic E-state index is 11.8. The average molecular weight is 261 g/mol. The van der Waals surface area contributed by atoms with Gasteiger partial charge >= 0.3 is 12.1 Å². The van der Waals surface area contributed by atoms with Crippen molar-refractivity contribution in [3.63, 3.8) is 0 Å². The van der Waals surface area contributed by atoms with Crippen LogP contribution in [0.5, 0.6) is 0 Å². The van der Waals surface area contributed by atoms with Gasteiger partial charge in [-0.25, -0.2) is 4.79 Å². The van der Waals surface area contributed by atoms with E-state index in [2.05, 4.69) is 4.84 Å². The molecule has 1 amide bonds. The Morgan fingerprint density at radius 2 is 1.83 bits per heavy atom. The molecule has 18 heavy (non-hydrogen) atoms. The van der Waals surface area contributed by atoms with Gasteiger partial charge in [0.15, 0.2) is 6.29 Å². The summed E-state index contributed by atoms with van der Waals surface area (Å²) in [6.07, 6.45) is -4.86. The highest BCUT2D eigenvalue weighted by atomic mass is 19.4. The van der Waals surface area contributed by atoms with Crippen molar-refractivity contribution in [3.8, 4) is 0 Å². The van der Waals surface area contributed by atoms with Crippen LogP contribution in [0.1, 0.15) is 20.7 Å². The maximum Gasteiger partial charge on any atom is 0.493 e. The number of hydroxylamine groups is 1. The van der Waals surface area contributed by atoms with E-state index in [1.807, 2.05) is 0 Å². The Morgan fingerprint density at radius 1 is 1.22 bits per heavy atom. The second kappa shape index (κ2) is 5.30. The van der Waals surface area contributed by atoms with Crippen LogP contribution >= 0.6 is 0 Å². The number of alkyl halides is 3. The highest BCUT2D eigenvalue weighted by Crippen LogP contribution is 2.15. The molecule has 0 fully saturated rings. The second-order valence-corrected chi connectivity index (χ2v) is 3.02. The minimum Gasteiger partial charge on any atom is -0.332 e. The van der Waals surface area contributed by atoms with Crippen LogP contribution in [0.2, 0.25) is 0 Å². The average Bonchev–Trinajstić information content (AvgIpc) is 2.34. The third-order valence-electron chi connectivity index (χ3n) is 1.80. The largest absolute Gasteiger partial charge is 0.493 e. The van der Waals surface area contributed by atoms with Crippen molar-refractivity contribution in [1.29, 1.82) is 0 Å². The van der Waals surface area contributed by atoms with E-state index in [0.717, 1.165) is 0 Å². The molecule has 1 N–H and O–H groups in total. The normalized spacial score (nSPS) is 10.6. The van der Waals surface area contributed by atoms with E-state index < -0.39 is 18.1 Å². The summed E-state index contributed by atoms with van der Waals surface area (Å²) in [5, 5.41) is 0. The number of amides is 1. The van der Waals surface area contributed by atoms with Crippen LogP contribution in [0.3, 0.4) is 0 Å². The number of aldehydes is 1. The zero-order chi connectivity index (χ0) is 13.8. The summed E-state index contributed by atoms with van der Waals surface area (Å²) in [6.45, 7) is 0. The summed E-state index contributed by atoms with van der Waals surface area (Å²) >= 11 is 0. The Kier molecular flexibility index (Phi) is 4.03. The monoisotopic (exact) mass is 261 g/mol. The van der Waals surface area contributed by atoms with E-state index in [9.17, 15) is 27.6 Å². The third kappa shape index (κ3) is 3.30. The van der Waals surface area contributed by atoms with Crippen LogP contribution in [0, 0.1) is 0 Å². The number of rotatable bonds is 2. The Hall–Kier alpha value is -2.38. The summed E-state index contributed by atoms with van der Waals surface area (Å²) in [5.41, 5.74) is 1.06. The smallest absolute Gasteiger partial charge is 0.332 e. The predicted molar refractivity (Wildman–Crippen MR) is 51.4 cm³/mol. The molecule has 0 unspecified atom stereocenters. The summed E-state index contributed by atoms with van der Waals surface area (Å²) in [7, 11) is 0. The highest BCUT2D eigenvalue weighted by molar-refractivity contribution is 6.01. The first kappa shape index (κ1) is 13.7. The fraction of sp³-hybridized carbons (Fsp3) is 0.100. The van der Waals surface area contributed by atoms with Crippen molar-refractivity contribution in [2.45, 2.75) is 6.18 Å². The molecule has 0 bridgehead atoms. The Labute approximate surface area is 98.5 Å². The number of hydrogen-bond donors (Lipinski definition) is 1. The van der Waals surface area contributed by atoms with E-state index in [-0.39, 0.29) is 11.1 Å². The minimum atomic E-state index is -5.21. The van der Waals surface area contributed by atoms with Gasteiger partial charge in [0.05, 0.1) is 5.56 Å². The van der Waals surface area contributed by atoms with Crippen molar-refractivity contribution in [3.05, 3.63) is 35.4 Å². The number of carbonyl (C=O) groups is 3. The molecule has 1 rings (SSSR count). The molecule has 0 saturated carbocycles. The first-order valence-electron chi connectivity index (χ1n) is 4.49. The lowest BCUT2D eigenvalue weighted by molar-refractivity contribution is -0.204. The van der Waals surface area contributed by atoms with Gasteiger partial charge in [0, 0.05) is 5.56 Å². The lowest BCUT2D eigenvalue weighted by atomic mass is 10.1. The van der Waals surface area contributed by atoms with Gasteiger partial charge in [-0.1, -0.05) is 18.2 Å². The van der Waals surface area contributed by atoms with Crippen LogP contribution in [-0.2, 0) is 9.63 Å². The van der Waals surface area contributed by atoms with E-state index in [1.165, 1.54) is 29.7 Å². The maximum atomic E-state index is 11.8. The molecule has 0 radical (unpaired) electrons. The second-order valence-electron chi connectivity index (χ2n) is 3.02. The molecule has 0 atom stereocenters. The van der Waals surface area contributed by atoms with Crippen LogP contribution < -0.4 is 5.48 Å². The molecule has 0 heterocycles. The zero-order valence-corrected chi connectivity index (χ0v) is 8.65. The summed E-state index contributed by atoms with van der Waals surface area (Å²) in [6, 6.07) is 5.34. The fourth-order valence-corrected chi connectivity index (χ4v) is 1.01. The summed E-state index contributed by atoms with van der Waals surface area (Å²) < 4.78 is 35.3. The van der Waals surface area contributed by atoms with Crippen LogP contribution in [-0.4, -0.2) is 24.3 Å². The van der Waals surface area contributed by atoms with Crippen LogP contribution in [0.15, 0.2) is 24.3 Å². The first-order valence-corrected chi connectivity index (χ1v) is 4.49. The first-order chi connectivity index (χ1) is 8.36. The van der Waals surface area contributed by atoms with Gasteiger partial charge in [0.2, 0.25) is 0 Å². The number of benzene rings is 1. The molecule has 96 valence electrons. The number of hydrogen-bond acceptors (Lipinski definition) is 4. The summed E-state index contributed by atoms with van der Waals surface area (Å²) in [4.78, 5) is 35.8. The number of halogens is 3. The van der Waals surface area contributed by atoms with Crippen molar-refractivity contribution < 1.29 is 32.4 Å². The Balaban J connectivity index is 2.72. The highest BCUT2D eigenvalue weighted by Gasteiger charge is 2.42. The zero-order valence-electron chi connectivity index (χ0n) is 8.65. The predicted octanol–water partition coefficient (Wildman–Crippen LogP) is 1.25. The molecular formula is C10H6F3NO4. The van der Waals surface area contributed by atoms with Gasteiger partial charge in [-0.05, 0) is 6.07 Å². The minimum absolute atomic E-state index is 0.0435. The van der Waals surface area contributed by atoms with Gasteiger partial charge in [-0.3, -0.25) is 9.59 Å². The Bertz CT molecular complexity index is 484. The molecule has 0 spiro atoms. The molecular weight excluding hydrogens is 255 g/mol. The molecule has 0 aliphatic carbocycles. The molecule has 0 aliphatic rings. The van der Waals surface area contributed by atoms with Gasteiger partial charge in [-0.15, -0.1) is 0 Å². The molecule has 1 aromatic carbocycles. The van der Waals surface area contributed by atoms with Gasteiger partial charge in [0.1, 0.15) is 0 Å². The van der Waals surface area contributed by atoms with Crippen molar-refractivity contribution >= 4 is 18.2 Å². The molecule has 0 aromatic heterocycles. The van der Waals surface area contributed by atoms with Crippen molar-refractivity contribution in [2.24, 2.45) is 0 Å².